The van der Waals surface area contributed by atoms with Gasteiger partial charge in [0, 0.05) is 12.2 Å². The van der Waals surface area contributed by atoms with Gasteiger partial charge in [0.05, 0.1) is 0 Å². The highest BCUT2D eigenvalue weighted by Crippen LogP contribution is 2.19. The summed E-state index contributed by atoms with van der Waals surface area (Å²) in [6.45, 7) is 7.03. The van der Waals surface area contributed by atoms with Crippen LogP contribution in [0.3, 0.4) is 0 Å². The fourth-order valence-corrected chi connectivity index (χ4v) is 2.63. The van der Waals surface area contributed by atoms with Crippen molar-refractivity contribution in [2.45, 2.75) is 72.1 Å². The van der Waals surface area contributed by atoms with Gasteiger partial charge in [-0.25, -0.2) is 4.79 Å². The first-order chi connectivity index (χ1) is 10.6. The first-order valence-electron chi connectivity index (χ1n) is 8.76. The second-order valence-electron chi connectivity index (χ2n) is 6.12. The highest BCUT2D eigenvalue weighted by molar-refractivity contribution is 5.90. The number of para-hydroxylation sites is 1. The van der Waals surface area contributed by atoms with E-state index in [1.54, 1.807) is 0 Å². The van der Waals surface area contributed by atoms with Gasteiger partial charge in [0.1, 0.15) is 0 Å². The number of benzene rings is 1. The number of unbranched alkanes of at least 4 members (excludes halogenated alkanes) is 7. The topological polar surface area (TPSA) is 41.1 Å². The van der Waals surface area contributed by atoms with Crippen LogP contribution in [0.1, 0.15) is 69.4 Å². The van der Waals surface area contributed by atoms with Crippen LogP contribution < -0.4 is 10.6 Å². The Hall–Kier alpha value is -1.51. The first kappa shape index (κ1) is 18.5. The Bertz CT molecular complexity index is 423. The molecule has 0 saturated carbocycles. The maximum absolute atomic E-state index is 11.9. The van der Waals surface area contributed by atoms with Gasteiger partial charge in [-0.05, 0) is 31.4 Å². The average molecular weight is 304 g/mol. The number of urea groups is 1. The molecule has 2 amide bonds. The molecule has 0 atom stereocenters. The third-order valence-electron chi connectivity index (χ3n) is 4.04. The molecule has 1 aromatic carbocycles. The first-order valence-corrected chi connectivity index (χ1v) is 8.76. The van der Waals surface area contributed by atoms with Crippen molar-refractivity contribution < 1.29 is 4.79 Å². The predicted molar refractivity (Wildman–Crippen MR) is 95.5 cm³/mol. The van der Waals surface area contributed by atoms with Gasteiger partial charge < -0.3 is 10.6 Å². The number of anilines is 1. The van der Waals surface area contributed by atoms with E-state index in [1.165, 1.54) is 44.9 Å². The molecule has 0 bridgehead atoms. The molecule has 1 aromatic rings. The van der Waals surface area contributed by atoms with E-state index in [9.17, 15) is 4.79 Å². The number of hydrogen-bond acceptors (Lipinski definition) is 1. The molecule has 0 fully saturated rings. The Morgan fingerprint density at radius 3 is 2.05 bits per heavy atom. The average Bonchev–Trinajstić information content (AvgIpc) is 2.49. The molecular weight excluding hydrogens is 272 g/mol. The molecule has 0 radical (unpaired) electrons. The second kappa shape index (κ2) is 11.1. The van der Waals surface area contributed by atoms with Crippen molar-refractivity contribution in [3.63, 3.8) is 0 Å². The molecule has 0 aliphatic rings. The number of rotatable bonds is 10. The molecule has 0 aliphatic carbocycles. The van der Waals surface area contributed by atoms with Crippen LogP contribution >= 0.6 is 0 Å². The van der Waals surface area contributed by atoms with Crippen LogP contribution in [0.2, 0.25) is 0 Å². The summed E-state index contributed by atoms with van der Waals surface area (Å²) in [5, 5.41) is 5.90. The highest BCUT2D eigenvalue weighted by Gasteiger charge is 2.05. The van der Waals surface area contributed by atoms with Crippen LogP contribution in [0.4, 0.5) is 10.5 Å². The zero-order valence-corrected chi connectivity index (χ0v) is 14.5. The predicted octanol–water partition coefficient (Wildman–Crippen LogP) is 5.57. The smallest absolute Gasteiger partial charge is 0.319 e. The summed E-state index contributed by atoms with van der Waals surface area (Å²) in [5.41, 5.74) is 3.13. The largest absolute Gasteiger partial charge is 0.338 e. The SMILES string of the molecule is CCCCCCCCCCNC(=O)Nc1c(C)cccc1C. The van der Waals surface area contributed by atoms with Crippen molar-refractivity contribution in [2.75, 3.05) is 11.9 Å². The van der Waals surface area contributed by atoms with Gasteiger partial charge in [0.15, 0.2) is 0 Å². The summed E-state index contributed by atoms with van der Waals surface area (Å²) in [7, 11) is 0. The van der Waals surface area contributed by atoms with Crippen LogP contribution in [-0.2, 0) is 0 Å². The van der Waals surface area contributed by atoms with E-state index in [0.717, 1.165) is 29.8 Å². The highest BCUT2D eigenvalue weighted by atomic mass is 16.2. The van der Waals surface area contributed by atoms with E-state index in [4.69, 9.17) is 0 Å². The fraction of sp³-hybridized carbons (Fsp3) is 0.632. The van der Waals surface area contributed by atoms with E-state index in [0.29, 0.717) is 0 Å². The third kappa shape index (κ3) is 7.48. The van der Waals surface area contributed by atoms with Gasteiger partial charge in [-0.3, -0.25) is 0 Å². The van der Waals surface area contributed by atoms with E-state index in [-0.39, 0.29) is 6.03 Å². The van der Waals surface area contributed by atoms with Crippen LogP contribution in [0, 0.1) is 13.8 Å². The van der Waals surface area contributed by atoms with Gasteiger partial charge >= 0.3 is 6.03 Å². The number of nitrogens with one attached hydrogen (secondary N) is 2. The lowest BCUT2D eigenvalue weighted by atomic mass is 10.1. The lowest BCUT2D eigenvalue weighted by molar-refractivity contribution is 0.252. The molecular formula is C19H32N2O. The summed E-state index contributed by atoms with van der Waals surface area (Å²) in [6, 6.07) is 5.94. The Kier molecular flexibility index (Phi) is 9.36. The summed E-state index contributed by atoms with van der Waals surface area (Å²) >= 11 is 0. The quantitative estimate of drug-likeness (QED) is 0.545. The van der Waals surface area contributed by atoms with E-state index < -0.39 is 0 Å². The minimum atomic E-state index is -0.0969. The molecule has 22 heavy (non-hydrogen) atoms. The molecule has 0 spiro atoms. The summed E-state index contributed by atoms with van der Waals surface area (Å²) in [5.74, 6) is 0. The molecule has 3 heteroatoms. The van der Waals surface area contributed by atoms with Crippen molar-refractivity contribution in [1.82, 2.24) is 5.32 Å². The molecule has 0 saturated heterocycles. The van der Waals surface area contributed by atoms with Crippen LogP contribution in [0.25, 0.3) is 0 Å². The Labute approximate surface area is 135 Å². The van der Waals surface area contributed by atoms with Crippen LogP contribution in [0.15, 0.2) is 18.2 Å². The van der Waals surface area contributed by atoms with Gasteiger partial charge in [0.2, 0.25) is 0 Å². The van der Waals surface area contributed by atoms with Crippen LogP contribution in [0.5, 0.6) is 0 Å². The Balaban J connectivity index is 2.09. The van der Waals surface area contributed by atoms with Crippen molar-refractivity contribution in [2.24, 2.45) is 0 Å². The zero-order chi connectivity index (χ0) is 16.2. The van der Waals surface area contributed by atoms with Crippen molar-refractivity contribution in [1.29, 1.82) is 0 Å². The number of carbonyl (C=O) groups is 1. The molecule has 0 unspecified atom stereocenters. The summed E-state index contributed by atoms with van der Waals surface area (Å²) < 4.78 is 0. The van der Waals surface area contributed by atoms with E-state index in [1.807, 2.05) is 32.0 Å². The van der Waals surface area contributed by atoms with E-state index in [2.05, 4.69) is 17.6 Å². The minimum Gasteiger partial charge on any atom is -0.338 e. The molecule has 1 rings (SSSR count). The maximum atomic E-state index is 11.9. The maximum Gasteiger partial charge on any atom is 0.319 e. The van der Waals surface area contributed by atoms with Crippen molar-refractivity contribution in [3.05, 3.63) is 29.3 Å². The summed E-state index contributed by atoms with van der Waals surface area (Å²) in [4.78, 5) is 11.9. The molecule has 0 aromatic heterocycles. The Morgan fingerprint density at radius 2 is 1.45 bits per heavy atom. The molecule has 3 nitrogen and oxygen atoms in total. The van der Waals surface area contributed by atoms with Crippen LogP contribution in [-0.4, -0.2) is 12.6 Å². The van der Waals surface area contributed by atoms with Gasteiger partial charge in [-0.15, -0.1) is 0 Å². The standard InChI is InChI=1S/C19H32N2O/c1-4-5-6-7-8-9-10-11-15-20-19(22)21-18-16(2)13-12-14-17(18)3/h12-14H,4-11,15H2,1-3H3,(H2,20,21,22). The lowest BCUT2D eigenvalue weighted by Crippen LogP contribution is -2.30. The number of carbonyl (C=O) groups excluding carboxylic acids is 1. The number of hydrogen-bond donors (Lipinski definition) is 2. The minimum absolute atomic E-state index is 0.0969. The lowest BCUT2D eigenvalue weighted by Gasteiger charge is -2.12. The van der Waals surface area contributed by atoms with E-state index >= 15 is 0 Å². The van der Waals surface area contributed by atoms with Crippen molar-refractivity contribution in [3.8, 4) is 0 Å². The number of amides is 2. The van der Waals surface area contributed by atoms with Gasteiger partial charge in [-0.1, -0.05) is 70.1 Å². The number of aryl methyl sites for hydroxylation is 2. The zero-order valence-electron chi connectivity index (χ0n) is 14.5. The van der Waals surface area contributed by atoms with Crippen molar-refractivity contribution >= 4 is 11.7 Å². The molecule has 124 valence electrons. The Morgan fingerprint density at radius 1 is 0.909 bits per heavy atom. The molecule has 2 N–H and O–H groups in total. The fourth-order valence-electron chi connectivity index (χ4n) is 2.63. The summed E-state index contributed by atoms with van der Waals surface area (Å²) in [6.07, 6.45) is 10.3. The normalized spacial score (nSPS) is 10.5. The monoisotopic (exact) mass is 304 g/mol. The second-order valence-corrected chi connectivity index (χ2v) is 6.12. The van der Waals surface area contributed by atoms with Gasteiger partial charge in [0.25, 0.3) is 0 Å². The molecule has 0 heterocycles. The van der Waals surface area contributed by atoms with Gasteiger partial charge in [-0.2, -0.15) is 0 Å². The molecule has 0 aliphatic heterocycles. The third-order valence-corrected chi connectivity index (χ3v) is 4.04.